The van der Waals surface area contributed by atoms with E-state index >= 15 is 0 Å². The summed E-state index contributed by atoms with van der Waals surface area (Å²) in [4.78, 5) is 14.4. The number of aromatic nitrogens is 2. The molecule has 5 heteroatoms. The molecule has 2 unspecified atom stereocenters. The van der Waals surface area contributed by atoms with E-state index in [1.165, 1.54) is 0 Å². The highest BCUT2D eigenvalue weighted by Crippen LogP contribution is 2.28. The molecule has 1 amide bonds. The van der Waals surface area contributed by atoms with Crippen LogP contribution in [0, 0.1) is 11.8 Å². The summed E-state index contributed by atoms with van der Waals surface area (Å²) in [6, 6.07) is 0. The van der Waals surface area contributed by atoms with Gasteiger partial charge in [-0.05, 0) is 18.8 Å². The van der Waals surface area contributed by atoms with Crippen LogP contribution in [-0.4, -0.2) is 40.3 Å². The minimum absolute atomic E-state index is 0.00887. The molecule has 2 atom stereocenters. The van der Waals surface area contributed by atoms with Crippen molar-refractivity contribution in [1.82, 2.24) is 14.7 Å². The Morgan fingerprint density at radius 2 is 2.35 bits per heavy atom. The van der Waals surface area contributed by atoms with E-state index < -0.39 is 0 Å². The lowest BCUT2D eigenvalue weighted by Gasteiger charge is -2.35. The second-order valence-electron chi connectivity index (χ2n) is 6.04. The summed E-state index contributed by atoms with van der Waals surface area (Å²) in [5.41, 5.74) is 1.06. The highest BCUT2D eigenvalue weighted by Gasteiger charge is 2.35. The number of hydrogen-bond acceptors (Lipinski definition) is 3. The minimum Gasteiger partial charge on any atom is -0.377 e. The maximum Gasteiger partial charge on any atom is 0.228 e. The van der Waals surface area contributed by atoms with E-state index in [1.807, 2.05) is 20.3 Å². The van der Waals surface area contributed by atoms with Crippen molar-refractivity contribution in [3.05, 3.63) is 18.0 Å². The molecule has 1 aromatic rings. The van der Waals surface area contributed by atoms with E-state index in [-0.39, 0.29) is 17.9 Å². The fourth-order valence-electron chi connectivity index (χ4n) is 2.91. The predicted molar refractivity (Wildman–Crippen MR) is 77.0 cm³/mol. The predicted octanol–water partition coefficient (Wildman–Crippen LogP) is 1.83. The van der Waals surface area contributed by atoms with Crippen molar-refractivity contribution in [1.29, 1.82) is 0 Å². The highest BCUT2D eigenvalue weighted by molar-refractivity contribution is 5.79. The van der Waals surface area contributed by atoms with E-state index in [1.54, 1.807) is 15.8 Å². The largest absolute Gasteiger partial charge is 0.377 e. The van der Waals surface area contributed by atoms with Gasteiger partial charge in [0.05, 0.1) is 18.2 Å². The van der Waals surface area contributed by atoms with E-state index in [2.05, 4.69) is 18.9 Å². The summed E-state index contributed by atoms with van der Waals surface area (Å²) in [5, 5.41) is 4.14. The SMILES string of the molecule is CC(C)C1OCCCC1C(=O)N(C)Cc1cnn(C)c1. The Bertz CT molecular complexity index is 456. The van der Waals surface area contributed by atoms with Crippen LogP contribution in [0.4, 0.5) is 0 Å². The normalized spacial score (nSPS) is 23.1. The molecule has 0 spiro atoms. The van der Waals surface area contributed by atoms with Crippen LogP contribution in [-0.2, 0) is 23.1 Å². The molecular weight excluding hydrogens is 254 g/mol. The lowest BCUT2D eigenvalue weighted by Crippen LogP contribution is -2.44. The summed E-state index contributed by atoms with van der Waals surface area (Å²) in [6.45, 7) is 5.63. The Morgan fingerprint density at radius 1 is 1.60 bits per heavy atom. The fourth-order valence-corrected chi connectivity index (χ4v) is 2.91. The second kappa shape index (κ2) is 6.39. The van der Waals surface area contributed by atoms with Gasteiger partial charge in [0, 0.05) is 39.0 Å². The van der Waals surface area contributed by atoms with Crippen LogP contribution in [0.15, 0.2) is 12.4 Å². The first-order valence-corrected chi connectivity index (χ1v) is 7.33. The third kappa shape index (κ3) is 3.39. The molecule has 0 aromatic carbocycles. The van der Waals surface area contributed by atoms with Crippen LogP contribution in [0.25, 0.3) is 0 Å². The maximum absolute atomic E-state index is 12.6. The van der Waals surface area contributed by atoms with Crippen molar-refractivity contribution < 1.29 is 9.53 Å². The van der Waals surface area contributed by atoms with Gasteiger partial charge < -0.3 is 9.64 Å². The molecule has 112 valence electrons. The average Bonchev–Trinajstić information content (AvgIpc) is 2.83. The van der Waals surface area contributed by atoms with Gasteiger partial charge in [0.15, 0.2) is 0 Å². The molecule has 1 saturated heterocycles. The first-order chi connectivity index (χ1) is 9.49. The van der Waals surface area contributed by atoms with Gasteiger partial charge in [-0.2, -0.15) is 5.10 Å². The Balaban J connectivity index is 2.01. The number of nitrogens with zero attached hydrogens (tertiary/aromatic N) is 3. The quantitative estimate of drug-likeness (QED) is 0.845. The van der Waals surface area contributed by atoms with Crippen LogP contribution in [0.3, 0.4) is 0 Å². The number of aryl methyl sites for hydroxylation is 1. The zero-order valence-electron chi connectivity index (χ0n) is 12.9. The van der Waals surface area contributed by atoms with Crippen molar-refractivity contribution in [3.8, 4) is 0 Å². The Hall–Kier alpha value is -1.36. The molecule has 5 nitrogen and oxygen atoms in total. The third-order valence-corrected chi connectivity index (χ3v) is 3.89. The van der Waals surface area contributed by atoms with Crippen molar-refractivity contribution in [3.63, 3.8) is 0 Å². The lowest BCUT2D eigenvalue weighted by molar-refractivity contribution is -0.147. The molecule has 2 rings (SSSR count). The highest BCUT2D eigenvalue weighted by atomic mass is 16.5. The van der Waals surface area contributed by atoms with E-state index in [9.17, 15) is 4.79 Å². The number of carbonyl (C=O) groups excluding carboxylic acids is 1. The van der Waals surface area contributed by atoms with E-state index in [0.717, 1.165) is 25.0 Å². The summed E-state index contributed by atoms with van der Waals surface area (Å²) in [5.74, 6) is 0.550. The maximum atomic E-state index is 12.6. The zero-order valence-corrected chi connectivity index (χ0v) is 12.9. The third-order valence-electron chi connectivity index (χ3n) is 3.89. The van der Waals surface area contributed by atoms with Gasteiger partial charge in [-0.3, -0.25) is 9.48 Å². The van der Waals surface area contributed by atoms with E-state index in [0.29, 0.717) is 12.5 Å². The van der Waals surface area contributed by atoms with Crippen molar-refractivity contribution in [2.75, 3.05) is 13.7 Å². The number of amides is 1. The number of rotatable bonds is 4. The van der Waals surface area contributed by atoms with Gasteiger partial charge in [0.25, 0.3) is 0 Å². The molecule has 2 heterocycles. The summed E-state index contributed by atoms with van der Waals surface area (Å²) in [6.07, 6.45) is 5.70. The molecule has 0 N–H and O–H groups in total. The van der Waals surface area contributed by atoms with Crippen LogP contribution in [0.5, 0.6) is 0 Å². The second-order valence-corrected chi connectivity index (χ2v) is 6.04. The Kier molecular flexibility index (Phi) is 4.81. The molecule has 0 radical (unpaired) electrons. The van der Waals surface area contributed by atoms with Gasteiger partial charge in [0.2, 0.25) is 5.91 Å². The topological polar surface area (TPSA) is 47.4 Å². The molecule has 1 fully saturated rings. The molecule has 1 aliphatic heterocycles. The van der Waals surface area contributed by atoms with Gasteiger partial charge in [-0.1, -0.05) is 13.8 Å². The monoisotopic (exact) mass is 279 g/mol. The van der Waals surface area contributed by atoms with Gasteiger partial charge in [-0.25, -0.2) is 0 Å². The van der Waals surface area contributed by atoms with Crippen LogP contribution in [0.1, 0.15) is 32.3 Å². The molecule has 0 aliphatic carbocycles. The Morgan fingerprint density at radius 3 is 2.95 bits per heavy atom. The van der Waals surface area contributed by atoms with Gasteiger partial charge in [0.1, 0.15) is 0 Å². The van der Waals surface area contributed by atoms with Gasteiger partial charge >= 0.3 is 0 Å². The smallest absolute Gasteiger partial charge is 0.228 e. The van der Waals surface area contributed by atoms with Crippen LogP contribution < -0.4 is 0 Å². The lowest BCUT2D eigenvalue weighted by atomic mass is 9.86. The molecule has 1 aromatic heterocycles. The summed E-state index contributed by atoms with van der Waals surface area (Å²) >= 11 is 0. The molecular formula is C15H25N3O2. The van der Waals surface area contributed by atoms with Crippen molar-refractivity contribution in [2.45, 2.75) is 39.3 Å². The molecule has 0 saturated carbocycles. The fraction of sp³-hybridized carbons (Fsp3) is 0.733. The van der Waals surface area contributed by atoms with Crippen molar-refractivity contribution >= 4 is 5.91 Å². The first kappa shape index (κ1) is 15.0. The minimum atomic E-state index is -0.00887. The van der Waals surface area contributed by atoms with E-state index in [4.69, 9.17) is 4.74 Å². The zero-order chi connectivity index (χ0) is 14.7. The first-order valence-electron chi connectivity index (χ1n) is 7.33. The summed E-state index contributed by atoms with van der Waals surface area (Å²) < 4.78 is 7.57. The average molecular weight is 279 g/mol. The number of hydrogen-bond donors (Lipinski definition) is 0. The van der Waals surface area contributed by atoms with Crippen LogP contribution >= 0.6 is 0 Å². The van der Waals surface area contributed by atoms with Crippen molar-refractivity contribution in [2.24, 2.45) is 18.9 Å². The molecule has 0 bridgehead atoms. The molecule has 1 aliphatic rings. The van der Waals surface area contributed by atoms with Crippen LogP contribution in [0.2, 0.25) is 0 Å². The number of ether oxygens (including phenoxy) is 1. The van der Waals surface area contributed by atoms with Gasteiger partial charge in [-0.15, -0.1) is 0 Å². The molecule has 20 heavy (non-hydrogen) atoms. The Labute approximate surface area is 120 Å². The number of carbonyl (C=O) groups is 1. The summed E-state index contributed by atoms with van der Waals surface area (Å²) in [7, 11) is 3.75. The standard InChI is InChI=1S/C15H25N3O2/c1-11(2)14-13(6-5-7-20-14)15(19)17(3)9-12-8-16-18(4)10-12/h8,10-11,13-14H,5-7,9H2,1-4H3.